The third-order valence-corrected chi connectivity index (χ3v) is 3.76. The van der Waals surface area contributed by atoms with Gasteiger partial charge in [0.1, 0.15) is 0 Å². The van der Waals surface area contributed by atoms with Gasteiger partial charge in [0.2, 0.25) is 5.95 Å². The predicted octanol–water partition coefficient (Wildman–Crippen LogP) is 4.32. The third kappa shape index (κ3) is 2.72. The first kappa shape index (κ1) is 14.3. The molecule has 3 aromatic rings. The van der Waals surface area contributed by atoms with Gasteiger partial charge < -0.3 is 4.98 Å². The molecule has 2 N–H and O–H groups in total. The average Bonchev–Trinajstić information content (AvgIpc) is 2.86. The van der Waals surface area contributed by atoms with Crippen molar-refractivity contribution in [3.05, 3.63) is 58.7 Å². The molecule has 0 radical (unpaired) electrons. The van der Waals surface area contributed by atoms with Gasteiger partial charge in [0.05, 0.1) is 16.7 Å². The van der Waals surface area contributed by atoms with Crippen molar-refractivity contribution in [2.75, 3.05) is 5.43 Å². The van der Waals surface area contributed by atoms with Gasteiger partial charge in [0.15, 0.2) is 0 Å². The van der Waals surface area contributed by atoms with Gasteiger partial charge >= 0.3 is 0 Å². The topological polar surface area (TPSA) is 53.1 Å². The van der Waals surface area contributed by atoms with Crippen LogP contribution in [0.4, 0.5) is 5.95 Å². The number of aromatic nitrogens is 2. The molecule has 1 aromatic heterocycles. The lowest BCUT2D eigenvalue weighted by atomic mass is 9.97. The van der Waals surface area contributed by atoms with Crippen LogP contribution in [0.5, 0.6) is 0 Å². The molecule has 0 spiro atoms. The van der Waals surface area contributed by atoms with Crippen molar-refractivity contribution in [3.63, 3.8) is 0 Å². The minimum Gasteiger partial charge on any atom is -0.323 e. The summed E-state index contributed by atoms with van der Waals surface area (Å²) in [5, 5.41) is 4.48. The van der Waals surface area contributed by atoms with E-state index in [0.717, 1.165) is 16.7 Å². The molecule has 0 aliphatic carbocycles. The van der Waals surface area contributed by atoms with Crippen LogP contribution >= 0.6 is 0 Å². The lowest BCUT2D eigenvalue weighted by Gasteiger charge is -2.10. The van der Waals surface area contributed by atoms with E-state index in [1.807, 2.05) is 31.2 Å². The van der Waals surface area contributed by atoms with Gasteiger partial charge in [-0.15, -0.1) is 0 Å². The largest absolute Gasteiger partial charge is 0.323 e. The van der Waals surface area contributed by atoms with Crippen LogP contribution in [0.15, 0.2) is 41.5 Å². The smallest absolute Gasteiger partial charge is 0.222 e. The van der Waals surface area contributed by atoms with Crippen LogP contribution in [0.2, 0.25) is 0 Å². The van der Waals surface area contributed by atoms with E-state index < -0.39 is 0 Å². The molecule has 0 saturated carbocycles. The van der Waals surface area contributed by atoms with Crippen LogP contribution in [0.1, 0.15) is 29.2 Å². The summed E-state index contributed by atoms with van der Waals surface area (Å²) in [4.78, 5) is 7.67. The predicted molar refractivity (Wildman–Crippen MR) is 92.6 cm³/mol. The highest BCUT2D eigenvalue weighted by atomic mass is 15.4. The first-order valence-corrected chi connectivity index (χ1v) is 7.38. The van der Waals surface area contributed by atoms with Gasteiger partial charge in [-0.3, -0.25) is 0 Å². The molecular weight excluding hydrogens is 272 g/mol. The number of nitrogens with zero attached hydrogens (tertiary/aromatic N) is 2. The molecular formula is C18H20N4. The highest BCUT2D eigenvalue weighted by molar-refractivity contribution is 6.01. The van der Waals surface area contributed by atoms with Crippen LogP contribution < -0.4 is 5.43 Å². The summed E-state index contributed by atoms with van der Waals surface area (Å²) in [7, 11) is 0. The molecule has 112 valence electrons. The highest BCUT2D eigenvalue weighted by Crippen LogP contribution is 2.18. The van der Waals surface area contributed by atoms with Crippen molar-refractivity contribution in [3.8, 4) is 0 Å². The van der Waals surface area contributed by atoms with E-state index in [4.69, 9.17) is 0 Å². The molecule has 4 heteroatoms. The number of hydrogen-bond donors (Lipinski definition) is 2. The fourth-order valence-corrected chi connectivity index (χ4v) is 2.95. The number of hydrazone groups is 1. The van der Waals surface area contributed by atoms with E-state index in [0.29, 0.717) is 5.95 Å². The normalized spacial score (nSPS) is 11.9. The van der Waals surface area contributed by atoms with Gasteiger partial charge in [0, 0.05) is 5.56 Å². The summed E-state index contributed by atoms with van der Waals surface area (Å²) < 4.78 is 0. The average molecular weight is 292 g/mol. The number of benzene rings is 2. The molecule has 0 unspecified atom stereocenters. The monoisotopic (exact) mass is 292 g/mol. The fourth-order valence-electron chi connectivity index (χ4n) is 2.95. The Morgan fingerprint density at radius 2 is 1.77 bits per heavy atom. The summed E-state index contributed by atoms with van der Waals surface area (Å²) in [6, 6.07) is 12.3. The standard InChI is InChI=1S/C18H20N4/c1-11-9-12(2)17(13(3)10-11)14(4)21-22-18-19-15-7-5-6-8-16(15)20-18/h5-10H,1-4H3,(H2,19,20,22)/b21-14-. The number of fused-ring (bicyclic) bond motifs is 1. The van der Waals surface area contributed by atoms with Crippen molar-refractivity contribution in [2.24, 2.45) is 5.10 Å². The van der Waals surface area contributed by atoms with E-state index in [1.54, 1.807) is 0 Å². The van der Waals surface area contributed by atoms with Crippen LogP contribution in [0, 0.1) is 20.8 Å². The zero-order valence-corrected chi connectivity index (χ0v) is 13.4. The number of aromatic amines is 1. The molecule has 0 fully saturated rings. The molecule has 0 atom stereocenters. The number of aryl methyl sites for hydroxylation is 3. The maximum atomic E-state index is 4.48. The zero-order chi connectivity index (χ0) is 15.7. The summed E-state index contributed by atoms with van der Waals surface area (Å²) >= 11 is 0. The van der Waals surface area contributed by atoms with E-state index in [-0.39, 0.29) is 0 Å². The highest BCUT2D eigenvalue weighted by Gasteiger charge is 2.07. The Hall–Kier alpha value is -2.62. The number of rotatable bonds is 3. The Labute approximate surface area is 130 Å². The van der Waals surface area contributed by atoms with Crippen molar-refractivity contribution in [2.45, 2.75) is 27.7 Å². The number of para-hydroxylation sites is 2. The Balaban J connectivity index is 1.89. The van der Waals surface area contributed by atoms with Gasteiger partial charge in [-0.05, 0) is 51.0 Å². The van der Waals surface area contributed by atoms with Crippen molar-refractivity contribution >= 4 is 22.7 Å². The molecule has 0 saturated heterocycles. The van der Waals surface area contributed by atoms with Gasteiger partial charge in [-0.2, -0.15) is 5.10 Å². The van der Waals surface area contributed by atoms with Gasteiger partial charge in [-0.25, -0.2) is 10.4 Å². The van der Waals surface area contributed by atoms with Gasteiger partial charge in [-0.1, -0.05) is 29.8 Å². The summed E-state index contributed by atoms with van der Waals surface area (Å²) in [5.74, 6) is 0.656. The quantitative estimate of drug-likeness (QED) is 0.558. The molecule has 0 amide bonds. The van der Waals surface area contributed by atoms with Crippen LogP contribution in [0.3, 0.4) is 0 Å². The molecule has 0 bridgehead atoms. The number of hydrogen-bond acceptors (Lipinski definition) is 3. The van der Waals surface area contributed by atoms with Crippen LogP contribution in [0.25, 0.3) is 11.0 Å². The van der Waals surface area contributed by atoms with Crippen LogP contribution in [-0.4, -0.2) is 15.7 Å². The lowest BCUT2D eigenvalue weighted by Crippen LogP contribution is -2.05. The molecule has 4 nitrogen and oxygen atoms in total. The molecule has 1 heterocycles. The minimum atomic E-state index is 0.656. The van der Waals surface area contributed by atoms with Crippen molar-refractivity contribution in [1.82, 2.24) is 9.97 Å². The van der Waals surface area contributed by atoms with E-state index in [9.17, 15) is 0 Å². The molecule has 22 heavy (non-hydrogen) atoms. The fraction of sp³-hybridized carbons (Fsp3) is 0.222. The van der Waals surface area contributed by atoms with Gasteiger partial charge in [0.25, 0.3) is 0 Å². The molecule has 0 aliphatic heterocycles. The Bertz CT molecular complexity index is 802. The number of imidazole rings is 1. The second-order valence-corrected chi connectivity index (χ2v) is 5.69. The maximum absolute atomic E-state index is 4.48. The summed E-state index contributed by atoms with van der Waals surface area (Å²) in [5.41, 5.74) is 10.9. The Morgan fingerprint density at radius 1 is 1.09 bits per heavy atom. The maximum Gasteiger partial charge on any atom is 0.222 e. The SMILES string of the molecule is C/C(=N/Nc1nc2ccccc2[nH]1)c1c(C)cc(C)cc1C. The molecule has 3 rings (SSSR count). The van der Waals surface area contributed by atoms with Crippen molar-refractivity contribution < 1.29 is 0 Å². The molecule has 0 aliphatic rings. The Kier molecular flexibility index (Phi) is 3.67. The number of H-pyrrole nitrogens is 1. The zero-order valence-electron chi connectivity index (χ0n) is 13.4. The first-order valence-electron chi connectivity index (χ1n) is 7.38. The van der Waals surface area contributed by atoms with E-state index in [1.165, 1.54) is 22.3 Å². The van der Waals surface area contributed by atoms with E-state index in [2.05, 4.69) is 53.4 Å². The van der Waals surface area contributed by atoms with E-state index >= 15 is 0 Å². The van der Waals surface area contributed by atoms with Crippen molar-refractivity contribution in [1.29, 1.82) is 0 Å². The third-order valence-electron chi connectivity index (χ3n) is 3.76. The Morgan fingerprint density at radius 3 is 2.45 bits per heavy atom. The first-order chi connectivity index (χ1) is 10.5. The second-order valence-electron chi connectivity index (χ2n) is 5.69. The minimum absolute atomic E-state index is 0.656. The van der Waals surface area contributed by atoms with Crippen LogP contribution in [-0.2, 0) is 0 Å². The summed E-state index contributed by atoms with van der Waals surface area (Å²) in [6.45, 7) is 8.37. The number of anilines is 1. The molecule has 2 aromatic carbocycles. The summed E-state index contributed by atoms with van der Waals surface area (Å²) in [6.07, 6.45) is 0. The second kappa shape index (κ2) is 5.64. The number of nitrogens with one attached hydrogen (secondary N) is 2. The lowest BCUT2D eigenvalue weighted by molar-refractivity contribution is 1.19.